The lowest BCUT2D eigenvalue weighted by molar-refractivity contribution is -0.386. The molecule has 7 heteroatoms. The second kappa shape index (κ2) is 6.57. The maximum absolute atomic E-state index is 11.7. The van der Waals surface area contributed by atoms with Gasteiger partial charge in [-0.3, -0.25) is 10.1 Å². The molecular formula is C15H12BrNO5. The van der Waals surface area contributed by atoms with E-state index in [4.69, 9.17) is 4.74 Å². The zero-order chi connectivity index (χ0) is 16.3. The second-order valence-corrected chi connectivity index (χ2v) is 5.22. The van der Waals surface area contributed by atoms with Crippen molar-refractivity contribution in [2.24, 2.45) is 0 Å². The molecule has 0 aliphatic carbocycles. The number of carbonyl (C=O) groups excluding carboxylic acids is 1. The topological polar surface area (TPSA) is 78.7 Å². The lowest BCUT2D eigenvalue weighted by atomic mass is 10.1. The predicted octanol–water partition coefficient (Wildman–Crippen LogP) is 4.24. The summed E-state index contributed by atoms with van der Waals surface area (Å²) in [5, 5.41) is 11.3. The predicted molar refractivity (Wildman–Crippen MR) is 83.4 cm³/mol. The van der Waals surface area contributed by atoms with Gasteiger partial charge in [-0.15, -0.1) is 0 Å². The molecule has 0 aromatic heterocycles. The highest BCUT2D eigenvalue weighted by Crippen LogP contribution is 2.38. The number of para-hydroxylation sites is 1. The van der Waals surface area contributed by atoms with Gasteiger partial charge in [-0.2, -0.15) is 0 Å². The second-order valence-electron chi connectivity index (χ2n) is 4.37. The van der Waals surface area contributed by atoms with Crippen LogP contribution < -0.4 is 4.74 Å². The molecular weight excluding hydrogens is 354 g/mol. The molecule has 6 nitrogen and oxygen atoms in total. The van der Waals surface area contributed by atoms with Crippen molar-refractivity contribution in [3.8, 4) is 11.5 Å². The summed E-state index contributed by atoms with van der Waals surface area (Å²) in [6, 6.07) is 9.52. The Morgan fingerprint density at radius 3 is 2.50 bits per heavy atom. The van der Waals surface area contributed by atoms with E-state index in [0.717, 1.165) is 0 Å². The van der Waals surface area contributed by atoms with Crippen LogP contribution in [0.4, 0.5) is 5.69 Å². The number of ether oxygens (including phenoxy) is 2. The average Bonchev–Trinajstić information content (AvgIpc) is 2.50. The molecule has 2 aromatic rings. The van der Waals surface area contributed by atoms with Crippen LogP contribution in [0.2, 0.25) is 0 Å². The van der Waals surface area contributed by atoms with Crippen molar-refractivity contribution in [1.29, 1.82) is 0 Å². The molecule has 0 saturated carbocycles. The van der Waals surface area contributed by atoms with Crippen LogP contribution in [0.5, 0.6) is 11.5 Å². The summed E-state index contributed by atoms with van der Waals surface area (Å²) < 4.78 is 10.9. The largest absolute Gasteiger partial charge is 0.465 e. The van der Waals surface area contributed by atoms with Crippen molar-refractivity contribution >= 4 is 27.6 Å². The van der Waals surface area contributed by atoms with Crippen molar-refractivity contribution < 1.29 is 19.2 Å². The zero-order valence-electron chi connectivity index (χ0n) is 11.8. The highest BCUT2D eigenvalue weighted by atomic mass is 79.9. The molecule has 0 aliphatic rings. The fourth-order valence-corrected chi connectivity index (χ4v) is 2.23. The Bertz CT molecular complexity index is 745. The zero-order valence-corrected chi connectivity index (χ0v) is 13.4. The van der Waals surface area contributed by atoms with Gasteiger partial charge in [0, 0.05) is 10.0 Å². The highest BCUT2D eigenvalue weighted by Gasteiger charge is 2.23. The SMILES string of the molecule is COC(=O)c1ccccc1Oc1ccc(Br)c(C)c1[N+](=O)[O-]. The fourth-order valence-electron chi connectivity index (χ4n) is 1.91. The van der Waals surface area contributed by atoms with E-state index in [-0.39, 0.29) is 22.7 Å². The van der Waals surface area contributed by atoms with E-state index in [0.29, 0.717) is 10.0 Å². The van der Waals surface area contributed by atoms with E-state index in [1.165, 1.54) is 19.2 Å². The number of hydrogen-bond acceptors (Lipinski definition) is 5. The van der Waals surface area contributed by atoms with Crippen molar-refractivity contribution in [3.63, 3.8) is 0 Å². The van der Waals surface area contributed by atoms with Crippen molar-refractivity contribution in [3.05, 3.63) is 62.1 Å². The third-order valence-electron chi connectivity index (χ3n) is 3.02. The Labute approximate surface area is 134 Å². The van der Waals surface area contributed by atoms with Gasteiger partial charge in [0.2, 0.25) is 5.75 Å². The van der Waals surface area contributed by atoms with Gasteiger partial charge in [0.1, 0.15) is 11.3 Å². The van der Waals surface area contributed by atoms with Gasteiger partial charge < -0.3 is 9.47 Å². The van der Waals surface area contributed by atoms with Gasteiger partial charge in [-0.05, 0) is 31.2 Å². The number of nitro benzene ring substituents is 1. The molecule has 114 valence electrons. The van der Waals surface area contributed by atoms with Gasteiger partial charge in [0.25, 0.3) is 0 Å². The van der Waals surface area contributed by atoms with E-state index < -0.39 is 10.9 Å². The first-order valence-corrected chi connectivity index (χ1v) is 7.03. The van der Waals surface area contributed by atoms with E-state index in [1.54, 1.807) is 31.2 Å². The molecule has 0 aliphatic heterocycles. The van der Waals surface area contributed by atoms with Gasteiger partial charge in [0.15, 0.2) is 0 Å². The van der Waals surface area contributed by atoms with Crippen LogP contribution >= 0.6 is 15.9 Å². The molecule has 22 heavy (non-hydrogen) atoms. The third-order valence-corrected chi connectivity index (χ3v) is 3.88. The Hall–Kier alpha value is -2.41. The first-order chi connectivity index (χ1) is 10.5. The molecule has 0 saturated heterocycles. The molecule has 2 rings (SSSR count). The van der Waals surface area contributed by atoms with Crippen LogP contribution in [-0.4, -0.2) is 18.0 Å². The van der Waals surface area contributed by atoms with Crippen LogP contribution in [0.15, 0.2) is 40.9 Å². The Balaban J connectivity index is 2.51. The number of carbonyl (C=O) groups is 1. The van der Waals surface area contributed by atoms with Gasteiger partial charge in [0.05, 0.1) is 12.0 Å². The van der Waals surface area contributed by atoms with E-state index in [9.17, 15) is 14.9 Å². The number of nitrogens with zero attached hydrogens (tertiary/aromatic N) is 1. The van der Waals surface area contributed by atoms with Crippen molar-refractivity contribution in [1.82, 2.24) is 0 Å². The molecule has 2 aromatic carbocycles. The summed E-state index contributed by atoms with van der Waals surface area (Å²) in [7, 11) is 1.26. The standard InChI is InChI=1S/C15H12BrNO5/c1-9-11(16)7-8-13(14(9)17(19)20)22-12-6-4-3-5-10(12)15(18)21-2/h3-8H,1-2H3. The number of methoxy groups -OCH3 is 1. The van der Waals surface area contributed by atoms with Gasteiger partial charge in [-0.25, -0.2) is 4.79 Å². The fraction of sp³-hybridized carbons (Fsp3) is 0.133. The average molecular weight is 366 g/mol. The number of halogens is 1. The van der Waals surface area contributed by atoms with E-state index in [2.05, 4.69) is 20.7 Å². The lowest BCUT2D eigenvalue weighted by Crippen LogP contribution is -2.04. The Morgan fingerprint density at radius 1 is 1.18 bits per heavy atom. The Kier molecular flexibility index (Phi) is 4.77. The monoisotopic (exact) mass is 365 g/mol. The minimum atomic E-state index is -0.577. The number of rotatable bonds is 4. The molecule has 0 bridgehead atoms. The Morgan fingerprint density at radius 2 is 1.86 bits per heavy atom. The van der Waals surface area contributed by atoms with Crippen molar-refractivity contribution in [2.45, 2.75) is 6.92 Å². The molecule has 0 heterocycles. The van der Waals surface area contributed by atoms with Crippen LogP contribution in [0.25, 0.3) is 0 Å². The number of benzene rings is 2. The van der Waals surface area contributed by atoms with Gasteiger partial charge >= 0.3 is 11.7 Å². The summed E-state index contributed by atoms with van der Waals surface area (Å²) in [5.74, 6) is -0.326. The first-order valence-electron chi connectivity index (χ1n) is 6.24. The first kappa shape index (κ1) is 16.0. The maximum Gasteiger partial charge on any atom is 0.341 e. The highest BCUT2D eigenvalue weighted by molar-refractivity contribution is 9.10. The minimum absolute atomic E-state index is 0.0575. The van der Waals surface area contributed by atoms with Crippen LogP contribution in [-0.2, 0) is 4.74 Å². The summed E-state index contributed by atoms with van der Waals surface area (Å²) >= 11 is 3.25. The van der Waals surface area contributed by atoms with Crippen LogP contribution in [0.1, 0.15) is 15.9 Å². The number of hydrogen-bond donors (Lipinski definition) is 0. The van der Waals surface area contributed by atoms with Gasteiger partial charge in [-0.1, -0.05) is 28.1 Å². The molecule has 0 N–H and O–H groups in total. The quantitative estimate of drug-likeness (QED) is 0.459. The molecule has 0 spiro atoms. The smallest absolute Gasteiger partial charge is 0.341 e. The maximum atomic E-state index is 11.7. The van der Waals surface area contributed by atoms with E-state index in [1.807, 2.05) is 0 Å². The molecule has 0 radical (unpaired) electrons. The number of esters is 1. The molecule has 0 unspecified atom stereocenters. The van der Waals surface area contributed by atoms with Crippen LogP contribution in [0.3, 0.4) is 0 Å². The summed E-state index contributed by atoms with van der Waals surface area (Å²) in [6.07, 6.45) is 0. The third kappa shape index (κ3) is 3.09. The molecule has 0 amide bonds. The van der Waals surface area contributed by atoms with Crippen molar-refractivity contribution in [2.75, 3.05) is 7.11 Å². The minimum Gasteiger partial charge on any atom is -0.465 e. The molecule has 0 fully saturated rings. The number of nitro groups is 1. The normalized spacial score (nSPS) is 10.1. The van der Waals surface area contributed by atoms with Crippen LogP contribution in [0, 0.1) is 17.0 Å². The lowest BCUT2D eigenvalue weighted by Gasteiger charge is -2.11. The van der Waals surface area contributed by atoms with E-state index >= 15 is 0 Å². The summed E-state index contributed by atoms with van der Waals surface area (Å²) in [6.45, 7) is 1.61. The summed E-state index contributed by atoms with van der Waals surface area (Å²) in [4.78, 5) is 22.5. The molecule has 0 atom stereocenters. The summed E-state index contributed by atoms with van der Waals surface area (Å²) in [5.41, 5.74) is 0.479.